The molecule has 2 aromatic heterocycles. The molecular formula is C27H27N5O2S. The van der Waals surface area contributed by atoms with Gasteiger partial charge < -0.3 is 15.0 Å². The quantitative estimate of drug-likeness (QED) is 0.375. The topological polar surface area (TPSA) is 82.7 Å². The molecule has 35 heavy (non-hydrogen) atoms. The summed E-state index contributed by atoms with van der Waals surface area (Å²) in [6, 6.07) is 17.2. The number of hydrogen-bond acceptors (Lipinski definition) is 5. The average Bonchev–Trinajstić information content (AvgIpc) is 3.61. The molecule has 1 atom stereocenters. The van der Waals surface area contributed by atoms with Gasteiger partial charge in [0.1, 0.15) is 0 Å². The fourth-order valence-electron chi connectivity index (χ4n) is 4.26. The third-order valence-electron chi connectivity index (χ3n) is 6.27. The Bertz CT molecular complexity index is 1350. The summed E-state index contributed by atoms with van der Waals surface area (Å²) in [6.07, 6.45) is 4.83. The van der Waals surface area contributed by atoms with Crippen LogP contribution in [0.25, 0.3) is 16.2 Å². The Morgan fingerprint density at radius 1 is 1.26 bits per heavy atom. The molecule has 1 saturated heterocycles. The van der Waals surface area contributed by atoms with Gasteiger partial charge in [-0.1, -0.05) is 29.8 Å². The number of ether oxygens (including phenoxy) is 1. The van der Waals surface area contributed by atoms with Crippen LogP contribution < -0.4 is 5.32 Å². The number of imidazole rings is 1. The molecule has 1 aliphatic heterocycles. The van der Waals surface area contributed by atoms with Crippen LogP contribution in [0.3, 0.4) is 0 Å². The maximum absolute atomic E-state index is 13.2. The number of nitrogens with zero attached hydrogens (tertiary/aromatic N) is 4. The van der Waals surface area contributed by atoms with E-state index in [4.69, 9.17) is 15.0 Å². The maximum Gasteiger partial charge on any atom is 0.321 e. The number of aromatic nitrogens is 2. The molecule has 1 unspecified atom stereocenters. The second kappa shape index (κ2) is 10.3. The SMILES string of the molecule is Cc1ccc(-c2cn3c(CCN(CC4CCCO4)C(=O)Nc4ccc(C#N)cc4)csc3n2)cc1. The molecule has 1 N–H and O–H groups in total. The van der Waals surface area contributed by atoms with E-state index in [0.29, 0.717) is 30.8 Å². The number of rotatable bonds is 7. The van der Waals surface area contributed by atoms with Crippen LogP contribution in [0, 0.1) is 18.3 Å². The Balaban J connectivity index is 1.30. The Morgan fingerprint density at radius 3 is 2.77 bits per heavy atom. The average molecular weight is 486 g/mol. The van der Waals surface area contributed by atoms with Crippen molar-refractivity contribution < 1.29 is 9.53 Å². The lowest BCUT2D eigenvalue weighted by Crippen LogP contribution is -2.41. The number of urea groups is 1. The summed E-state index contributed by atoms with van der Waals surface area (Å²) in [5.74, 6) is 0. The summed E-state index contributed by atoms with van der Waals surface area (Å²) >= 11 is 1.61. The van der Waals surface area contributed by atoms with E-state index in [9.17, 15) is 4.79 Å². The van der Waals surface area contributed by atoms with Crippen LogP contribution in [0.4, 0.5) is 10.5 Å². The summed E-state index contributed by atoms with van der Waals surface area (Å²) in [7, 11) is 0. The van der Waals surface area contributed by atoms with E-state index in [-0.39, 0.29) is 12.1 Å². The summed E-state index contributed by atoms with van der Waals surface area (Å²) in [5.41, 5.74) is 5.63. The van der Waals surface area contributed by atoms with Gasteiger partial charge in [-0.15, -0.1) is 11.3 Å². The van der Waals surface area contributed by atoms with Crippen molar-refractivity contribution in [3.8, 4) is 17.3 Å². The zero-order valence-corrected chi connectivity index (χ0v) is 20.4. The lowest BCUT2D eigenvalue weighted by atomic mass is 10.1. The van der Waals surface area contributed by atoms with Crippen molar-refractivity contribution in [1.29, 1.82) is 5.26 Å². The van der Waals surface area contributed by atoms with Crippen molar-refractivity contribution in [2.24, 2.45) is 0 Å². The summed E-state index contributed by atoms with van der Waals surface area (Å²) < 4.78 is 7.94. The minimum atomic E-state index is -0.164. The number of thiazole rings is 1. The second-order valence-electron chi connectivity index (χ2n) is 8.82. The fourth-order valence-corrected chi connectivity index (χ4v) is 5.17. The van der Waals surface area contributed by atoms with E-state index in [1.807, 2.05) is 4.90 Å². The molecular weight excluding hydrogens is 458 g/mol. The molecule has 7 nitrogen and oxygen atoms in total. The first kappa shape index (κ1) is 23.1. The van der Waals surface area contributed by atoms with Gasteiger partial charge in [-0.2, -0.15) is 5.26 Å². The molecule has 3 heterocycles. The lowest BCUT2D eigenvalue weighted by molar-refractivity contribution is 0.0838. The van der Waals surface area contributed by atoms with Gasteiger partial charge in [-0.05, 0) is 44.0 Å². The lowest BCUT2D eigenvalue weighted by Gasteiger charge is -2.25. The zero-order valence-electron chi connectivity index (χ0n) is 19.6. The van der Waals surface area contributed by atoms with E-state index in [2.05, 4.69) is 58.6 Å². The van der Waals surface area contributed by atoms with E-state index < -0.39 is 0 Å². The number of hydrogen-bond donors (Lipinski definition) is 1. The predicted molar refractivity (Wildman–Crippen MR) is 138 cm³/mol. The first-order valence-corrected chi connectivity index (χ1v) is 12.7. The van der Waals surface area contributed by atoms with Crippen LogP contribution in [-0.4, -0.2) is 46.1 Å². The first-order valence-electron chi connectivity index (χ1n) is 11.8. The van der Waals surface area contributed by atoms with Crippen LogP contribution in [0.2, 0.25) is 0 Å². The molecule has 178 valence electrons. The van der Waals surface area contributed by atoms with Gasteiger partial charge in [0.05, 0.1) is 23.4 Å². The first-order chi connectivity index (χ1) is 17.1. The molecule has 0 saturated carbocycles. The van der Waals surface area contributed by atoms with Gasteiger partial charge in [-0.25, -0.2) is 9.78 Å². The number of benzene rings is 2. The molecule has 1 aliphatic rings. The van der Waals surface area contributed by atoms with Crippen LogP contribution >= 0.6 is 11.3 Å². The van der Waals surface area contributed by atoms with Crippen molar-refractivity contribution in [2.45, 2.75) is 32.3 Å². The molecule has 0 aliphatic carbocycles. The standard InChI is InChI=1S/C27H27N5O2S/c1-19-4-8-21(9-5-19)25-17-32-23(18-35-27(32)30-25)12-13-31(16-24-3-2-14-34-24)26(33)29-22-10-6-20(15-28)7-11-22/h4-11,17-18,24H,2-3,12-14,16H2,1H3,(H,29,33). The number of amides is 2. The normalized spacial score (nSPS) is 15.3. The van der Waals surface area contributed by atoms with Gasteiger partial charge in [0.25, 0.3) is 0 Å². The van der Waals surface area contributed by atoms with E-state index >= 15 is 0 Å². The van der Waals surface area contributed by atoms with Crippen LogP contribution in [-0.2, 0) is 11.2 Å². The van der Waals surface area contributed by atoms with Gasteiger partial charge in [0.2, 0.25) is 0 Å². The molecule has 2 amide bonds. The number of aryl methyl sites for hydroxylation is 1. The Kier molecular flexibility index (Phi) is 6.80. The number of anilines is 1. The van der Waals surface area contributed by atoms with Gasteiger partial charge in [0.15, 0.2) is 4.96 Å². The highest BCUT2D eigenvalue weighted by Gasteiger charge is 2.23. The second-order valence-corrected chi connectivity index (χ2v) is 9.66. The Labute approximate surface area is 208 Å². The maximum atomic E-state index is 13.2. The molecule has 4 aromatic rings. The molecule has 0 spiro atoms. The predicted octanol–water partition coefficient (Wildman–Crippen LogP) is 5.50. The van der Waals surface area contributed by atoms with Gasteiger partial charge in [-0.3, -0.25) is 4.40 Å². The molecule has 0 bridgehead atoms. The van der Waals surface area contributed by atoms with Gasteiger partial charge in [0, 0.05) is 54.6 Å². The van der Waals surface area contributed by atoms with Crippen LogP contribution in [0.5, 0.6) is 0 Å². The number of fused-ring (bicyclic) bond motifs is 1. The minimum Gasteiger partial charge on any atom is -0.376 e. The molecule has 1 fully saturated rings. The third kappa shape index (κ3) is 5.37. The van der Waals surface area contributed by atoms with Crippen molar-refractivity contribution in [3.05, 3.63) is 76.9 Å². The van der Waals surface area contributed by atoms with E-state index in [1.54, 1.807) is 35.6 Å². The number of nitrogens with one attached hydrogen (secondary N) is 1. The monoisotopic (exact) mass is 485 g/mol. The number of nitriles is 1. The molecule has 2 aromatic carbocycles. The van der Waals surface area contributed by atoms with E-state index in [0.717, 1.165) is 41.4 Å². The number of carbonyl (C=O) groups is 1. The summed E-state index contributed by atoms with van der Waals surface area (Å²) in [6.45, 7) is 3.94. The van der Waals surface area contributed by atoms with Crippen LogP contribution in [0.15, 0.2) is 60.1 Å². The highest BCUT2D eigenvalue weighted by Crippen LogP contribution is 2.25. The van der Waals surface area contributed by atoms with Crippen molar-refractivity contribution in [3.63, 3.8) is 0 Å². The molecule has 5 rings (SSSR count). The highest BCUT2D eigenvalue weighted by molar-refractivity contribution is 7.15. The molecule has 8 heteroatoms. The Hall–Kier alpha value is -3.67. The smallest absolute Gasteiger partial charge is 0.321 e. The Morgan fingerprint density at radius 2 is 2.06 bits per heavy atom. The highest BCUT2D eigenvalue weighted by atomic mass is 32.1. The fraction of sp³-hybridized carbons (Fsp3) is 0.296. The van der Waals surface area contributed by atoms with E-state index in [1.165, 1.54) is 5.56 Å². The third-order valence-corrected chi connectivity index (χ3v) is 7.16. The minimum absolute atomic E-state index is 0.0607. The van der Waals surface area contributed by atoms with Crippen molar-refractivity contribution in [1.82, 2.24) is 14.3 Å². The van der Waals surface area contributed by atoms with Crippen LogP contribution in [0.1, 0.15) is 29.7 Å². The van der Waals surface area contributed by atoms with Gasteiger partial charge >= 0.3 is 6.03 Å². The zero-order chi connectivity index (χ0) is 24.2. The summed E-state index contributed by atoms with van der Waals surface area (Å²) in [4.78, 5) is 20.7. The van der Waals surface area contributed by atoms with Crippen molar-refractivity contribution >= 4 is 28.0 Å². The van der Waals surface area contributed by atoms with Crippen molar-refractivity contribution in [2.75, 3.05) is 25.0 Å². The number of carbonyl (C=O) groups excluding carboxylic acids is 1. The summed E-state index contributed by atoms with van der Waals surface area (Å²) in [5, 5.41) is 14.1. The largest absolute Gasteiger partial charge is 0.376 e. The molecule has 0 radical (unpaired) electrons.